The number of ketones is 1. The van der Waals surface area contributed by atoms with Gasteiger partial charge in [-0.3, -0.25) is 4.79 Å². The Labute approximate surface area is 190 Å². The summed E-state index contributed by atoms with van der Waals surface area (Å²) in [5.74, 6) is 0.704. The summed E-state index contributed by atoms with van der Waals surface area (Å²) >= 11 is 0. The normalized spacial score (nSPS) is 10.8. The number of nitrogens with one attached hydrogen (secondary N) is 1. The molecule has 0 bridgehead atoms. The molecule has 3 aromatic carbocycles. The number of para-hydroxylation sites is 1. The van der Waals surface area contributed by atoms with Gasteiger partial charge in [0, 0.05) is 0 Å². The van der Waals surface area contributed by atoms with Crippen LogP contribution in [0.1, 0.15) is 37.5 Å². The number of Topliss-reactive ketones (excluding diaryl/α,β-unsaturated/α-hetero) is 1. The lowest BCUT2D eigenvalue weighted by atomic mass is 10.0. The van der Waals surface area contributed by atoms with Crippen molar-refractivity contribution in [3.05, 3.63) is 102 Å². The molecule has 3 aromatic rings. The van der Waals surface area contributed by atoms with Crippen molar-refractivity contribution in [3.8, 4) is 5.75 Å². The molecule has 0 radical (unpaired) electrons. The number of benzene rings is 3. The van der Waals surface area contributed by atoms with Gasteiger partial charge in [0.15, 0.2) is 5.78 Å². The Kier molecular flexibility index (Phi) is 10.5. The molecule has 0 aliphatic heterocycles. The van der Waals surface area contributed by atoms with Crippen LogP contribution in [0.15, 0.2) is 84.9 Å². The Balaban J connectivity index is 0.00000176. The highest BCUT2D eigenvalue weighted by atomic mass is 16.5. The van der Waals surface area contributed by atoms with E-state index in [1.54, 1.807) is 0 Å². The number of carbonyl (C=O) groups excluding carboxylic acids is 2. The van der Waals surface area contributed by atoms with Crippen molar-refractivity contribution in [2.24, 2.45) is 0 Å². The van der Waals surface area contributed by atoms with Crippen molar-refractivity contribution in [2.45, 2.75) is 46.4 Å². The van der Waals surface area contributed by atoms with Crippen LogP contribution in [0.2, 0.25) is 0 Å². The molecule has 0 heterocycles. The SMILES string of the molecule is CC.CC(=O)C(Cc1ccccc1)NC(=O)OCc1ccc(COc2ccccc2)cc1. The molecule has 0 aromatic heterocycles. The highest BCUT2D eigenvalue weighted by molar-refractivity contribution is 5.85. The maximum absolute atomic E-state index is 12.1. The number of alkyl carbamates (subject to hydrolysis) is 1. The Morgan fingerprint density at radius 2 is 1.28 bits per heavy atom. The van der Waals surface area contributed by atoms with Crippen molar-refractivity contribution in [3.63, 3.8) is 0 Å². The van der Waals surface area contributed by atoms with Crippen LogP contribution in [0, 0.1) is 0 Å². The number of amides is 1. The molecule has 32 heavy (non-hydrogen) atoms. The number of carbonyl (C=O) groups is 2. The van der Waals surface area contributed by atoms with Gasteiger partial charge >= 0.3 is 6.09 Å². The first-order valence-electron chi connectivity index (χ1n) is 10.8. The quantitative estimate of drug-likeness (QED) is 0.469. The van der Waals surface area contributed by atoms with Gasteiger partial charge in [-0.2, -0.15) is 0 Å². The largest absolute Gasteiger partial charge is 0.489 e. The van der Waals surface area contributed by atoms with Crippen LogP contribution >= 0.6 is 0 Å². The van der Waals surface area contributed by atoms with Gasteiger partial charge in [-0.05, 0) is 42.2 Å². The molecule has 0 saturated carbocycles. The highest BCUT2D eigenvalue weighted by Gasteiger charge is 2.18. The van der Waals surface area contributed by atoms with E-state index < -0.39 is 12.1 Å². The minimum atomic E-state index is -0.614. The smallest absolute Gasteiger partial charge is 0.408 e. The van der Waals surface area contributed by atoms with Gasteiger partial charge in [0.1, 0.15) is 19.0 Å². The molecule has 0 saturated heterocycles. The van der Waals surface area contributed by atoms with Gasteiger partial charge in [0.2, 0.25) is 0 Å². The first kappa shape index (κ1) is 24.7. The average Bonchev–Trinajstić information content (AvgIpc) is 2.84. The highest BCUT2D eigenvalue weighted by Crippen LogP contribution is 2.13. The Morgan fingerprint density at radius 3 is 1.84 bits per heavy atom. The molecule has 1 atom stereocenters. The number of hydrogen-bond donors (Lipinski definition) is 1. The van der Waals surface area contributed by atoms with E-state index in [4.69, 9.17) is 9.47 Å². The monoisotopic (exact) mass is 433 g/mol. The standard InChI is InChI=1S/C25H25NO4.C2H6/c1-19(27)24(16-20-8-4-2-5-9-20)26-25(28)30-18-22-14-12-21(13-15-22)17-29-23-10-6-3-7-11-23;1-2/h2-15,24H,16-18H2,1H3,(H,26,28);1-2H3. The van der Waals surface area contributed by atoms with Crippen molar-refractivity contribution >= 4 is 11.9 Å². The number of hydrogen-bond acceptors (Lipinski definition) is 4. The summed E-state index contributed by atoms with van der Waals surface area (Å²) in [6.07, 6.45) is -0.177. The van der Waals surface area contributed by atoms with Gasteiger partial charge in [-0.1, -0.05) is 86.6 Å². The van der Waals surface area contributed by atoms with Gasteiger partial charge < -0.3 is 14.8 Å². The van der Waals surface area contributed by atoms with Crippen molar-refractivity contribution in [1.82, 2.24) is 5.32 Å². The fraction of sp³-hybridized carbons (Fsp3) is 0.259. The van der Waals surface area contributed by atoms with Crippen LogP contribution < -0.4 is 10.1 Å². The minimum Gasteiger partial charge on any atom is -0.489 e. The van der Waals surface area contributed by atoms with Crippen LogP contribution in [-0.4, -0.2) is 17.9 Å². The second kappa shape index (κ2) is 13.7. The number of ether oxygens (including phenoxy) is 2. The Morgan fingerprint density at radius 1 is 0.750 bits per heavy atom. The summed E-state index contributed by atoms with van der Waals surface area (Å²) in [5, 5.41) is 2.65. The molecular weight excluding hydrogens is 402 g/mol. The Hall–Kier alpha value is -3.60. The molecular formula is C27H31NO4. The molecule has 1 amide bonds. The lowest BCUT2D eigenvalue weighted by Crippen LogP contribution is -2.41. The third-order valence-corrected chi connectivity index (χ3v) is 4.61. The molecule has 5 nitrogen and oxygen atoms in total. The summed E-state index contributed by atoms with van der Waals surface area (Å²) in [6.45, 7) is 6.05. The van der Waals surface area contributed by atoms with E-state index in [2.05, 4.69) is 5.32 Å². The minimum absolute atomic E-state index is 0.112. The zero-order chi connectivity index (χ0) is 23.2. The van der Waals surface area contributed by atoms with E-state index >= 15 is 0 Å². The summed E-state index contributed by atoms with van der Waals surface area (Å²) < 4.78 is 11.0. The van der Waals surface area contributed by atoms with E-state index in [0.29, 0.717) is 13.0 Å². The first-order chi connectivity index (χ1) is 15.6. The predicted molar refractivity (Wildman–Crippen MR) is 126 cm³/mol. The van der Waals surface area contributed by atoms with Gasteiger partial charge in [-0.15, -0.1) is 0 Å². The van der Waals surface area contributed by atoms with Gasteiger partial charge in [0.05, 0.1) is 6.04 Å². The fourth-order valence-corrected chi connectivity index (χ4v) is 2.89. The van der Waals surface area contributed by atoms with E-state index in [1.807, 2.05) is 98.8 Å². The van der Waals surface area contributed by atoms with Crippen LogP contribution in [0.3, 0.4) is 0 Å². The molecule has 0 fully saturated rings. The van der Waals surface area contributed by atoms with Crippen LogP contribution in [0.4, 0.5) is 4.79 Å². The lowest BCUT2D eigenvalue weighted by Gasteiger charge is -2.16. The fourth-order valence-electron chi connectivity index (χ4n) is 2.89. The maximum atomic E-state index is 12.1. The summed E-state index contributed by atoms with van der Waals surface area (Å²) in [4.78, 5) is 24.0. The Bertz CT molecular complexity index is 940. The summed E-state index contributed by atoms with van der Waals surface area (Å²) in [7, 11) is 0. The van der Waals surface area contributed by atoms with Crippen LogP contribution in [0.5, 0.6) is 5.75 Å². The van der Waals surface area contributed by atoms with E-state index in [1.165, 1.54) is 6.92 Å². The molecule has 3 rings (SSSR count). The molecule has 0 spiro atoms. The second-order valence-corrected chi connectivity index (χ2v) is 6.99. The van der Waals surface area contributed by atoms with E-state index in [0.717, 1.165) is 22.4 Å². The zero-order valence-electron chi connectivity index (χ0n) is 18.9. The maximum Gasteiger partial charge on any atom is 0.408 e. The lowest BCUT2D eigenvalue weighted by molar-refractivity contribution is -0.118. The summed E-state index contributed by atoms with van der Waals surface area (Å²) in [6, 6.07) is 26.2. The number of rotatable bonds is 9. The van der Waals surface area contributed by atoms with Crippen LogP contribution in [0.25, 0.3) is 0 Å². The third kappa shape index (κ3) is 8.64. The predicted octanol–water partition coefficient (Wildman–Crippen LogP) is 5.72. The van der Waals surface area contributed by atoms with Gasteiger partial charge in [-0.25, -0.2) is 4.79 Å². The van der Waals surface area contributed by atoms with Gasteiger partial charge in [0.25, 0.3) is 0 Å². The van der Waals surface area contributed by atoms with E-state index in [9.17, 15) is 9.59 Å². The zero-order valence-corrected chi connectivity index (χ0v) is 18.9. The van der Waals surface area contributed by atoms with E-state index in [-0.39, 0.29) is 12.4 Å². The van der Waals surface area contributed by atoms with Crippen molar-refractivity contribution < 1.29 is 19.1 Å². The van der Waals surface area contributed by atoms with Crippen LogP contribution in [-0.2, 0) is 29.2 Å². The molecule has 168 valence electrons. The molecule has 0 aliphatic carbocycles. The topological polar surface area (TPSA) is 64.6 Å². The average molecular weight is 434 g/mol. The first-order valence-corrected chi connectivity index (χ1v) is 10.8. The third-order valence-electron chi connectivity index (χ3n) is 4.61. The molecule has 5 heteroatoms. The second-order valence-electron chi connectivity index (χ2n) is 6.99. The molecule has 1 unspecified atom stereocenters. The van der Waals surface area contributed by atoms with Crippen molar-refractivity contribution in [1.29, 1.82) is 0 Å². The summed E-state index contributed by atoms with van der Waals surface area (Å²) in [5.41, 5.74) is 2.86. The molecule has 1 N–H and O–H groups in total. The van der Waals surface area contributed by atoms with Crippen molar-refractivity contribution in [2.75, 3.05) is 0 Å². The molecule has 0 aliphatic rings.